The van der Waals surface area contributed by atoms with Gasteiger partial charge in [0.05, 0.1) is 6.10 Å². The van der Waals surface area contributed by atoms with Gasteiger partial charge in [-0.2, -0.15) is 0 Å². The average molecular weight is 383 g/mol. The monoisotopic (exact) mass is 382 g/mol. The molecule has 0 aliphatic carbocycles. The van der Waals surface area contributed by atoms with Crippen molar-refractivity contribution < 1.29 is 19.4 Å². The van der Waals surface area contributed by atoms with Crippen molar-refractivity contribution in [3.63, 3.8) is 0 Å². The molecule has 0 aliphatic heterocycles. The Balaban J connectivity index is 3.34. The molecule has 1 atom stereocenters. The minimum Gasteiger partial charge on any atom is -0.463 e. The lowest BCUT2D eigenvalue weighted by atomic mass is 10.0. The van der Waals surface area contributed by atoms with Crippen LogP contribution in [-0.2, 0) is 14.3 Å². The summed E-state index contributed by atoms with van der Waals surface area (Å²) in [7, 11) is 0. The van der Waals surface area contributed by atoms with E-state index in [1.807, 2.05) is 6.08 Å². The molecule has 0 saturated carbocycles. The van der Waals surface area contributed by atoms with E-state index in [0.29, 0.717) is 0 Å². The Morgan fingerprint density at radius 2 is 1.33 bits per heavy atom. The maximum absolute atomic E-state index is 11.6. The van der Waals surface area contributed by atoms with Crippen LogP contribution in [-0.4, -0.2) is 29.6 Å². The highest BCUT2D eigenvalue weighted by molar-refractivity contribution is 5.89. The van der Waals surface area contributed by atoms with Gasteiger partial charge in [-0.15, -0.1) is 0 Å². The molecule has 0 bridgehead atoms. The van der Waals surface area contributed by atoms with Crippen LogP contribution in [0.4, 0.5) is 0 Å². The first-order valence-corrected chi connectivity index (χ1v) is 11.1. The largest absolute Gasteiger partial charge is 0.463 e. The molecule has 0 spiro atoms. The third-order valence-corrected chi connectivity index (χ3v) is 4.69. The number of carbonyl (C=O) groups excluding carboxylic acids is 2. The maximum Gasteiger partial charge on any atom is 0.302 e. The molecule has 0 aliphatic rings. The molecule has 0 aromatic carbocycles. The number of carbonyl (C=O) groups is 2. The van der Waals surface area contributed by atoms with Crippen molar-refractivity contribution in [3.05, 3.63) is 12.2 Å². The summed E-state index contributed by atoms with van der Waals surface area (Å²) in [6.45, 7) is 3.43. The number of ketones is 1. The fourth-order valence-corrected chi connectivity index (χ4v) is 3.07. The molecule has 0 fully saturated rings. The number of esters is 1. The van der Waals surface area contributed by atoms with E-state index in [9.17, 15) is 14.7 Å². The summed E-state index contributed by atoms with van der Waals surface area (Å²) >= 11 is 0. The molecule has 0 saturated heterocycles. The molecule has 0 radical (unpaired) electrons. The Morgan fingerprint density at radius 1 is 0.852 bits per heavy atom. The zero-order valence-corrected chi connectivity index (χ0v) is 17.7. The Hall–Kier alpha value is -1.16. The summed E-state index contributed by atoms with van der Waals surface area (Å²) in [6, 6.07) is 0. The number of rotatable bonds is 19. The fourth-order valence-electron chi connectivity index (χ4n) is 3.07. The highest BCUT2D eigenvalue weighted by Gasteiger charge is 2.09. The predicted octanol–water partition coefficient (Wildman–Crippen LogP) is 5.91. The lowest BCUT2D eigenvalue weighted by molar-refractivity contribution is -0.144. The average Bonchev–Trinajstić information content (AvgIpc) is 2.63. The second-order valence-electron chi connectivity index (χ2n) is 7.56. The third kappa shape index (κ3) is 21.0. The molecule has 0 aromatic rings. The first-order valence-electron chi connectivity index (χ1n) is 11.1. The number of aliphatic hydroxyl groups excluding tert-OH is 1. The molecule has 1 N–H and O–H groups in total. The minimum absolute atomic E-state index is 0.00236. The van der Waals surface area contributed by atoms with Gasteiger partial charge in [0, 0.05) is 13.3 Å². The summed E-state index contributed by atoms with van der Waals surface area (Å²) in [4.78, 5) is 22.3. The Bertz CT molecular complexity index is 390. The van der Waals surface area contributed by atoms with Gasteiger partial charge in [-0.1, -0.05) is 90.0 Å². The van der Waals surface area contributed by atoms with Gasteiger partial charge in [0.2, 0.25) is 0 Å². The quantitative estimate of drug-likeness (QED) is 0.171. The van der Waals surface area contributed by atoms with Crippen molar-refractivity contribution in [2.75, 3.05) is 6.61 Å². The molecule has 0 aromatic heterocycles. The first kappa shape index (κ1) is 25.8. The Kier molecular flexibility index (Phi) is 18.8. The lowest BCUT2D eigenvalue weighted by Gasteiger charge is -2.07. The normalized spacial score (nSPS) is 12.4. The molecular formula is C23H42O4. The smallest absolute Gasteiger partial charge is 0.302 e. The molecule has 4 nitrogen and oxygen atoms in total. The van der Waals surface area contributed by atoms with E-state index in [0.717, 1.165) is 12.8 Å². The van der Waals surface area contributed by atoms with E-state index >= 15 is 0 Å². The second-order valence-corrected chi connectivity index (χ2v) is 7.56. The van der Waals surface area contributed by atoms with Crippen LogP contribution < -0.4 is 0 Å². The maximum atomic E-state index is 11.6. The number of allylic oxidation sites excluding steroid dienone is 2. The van der Waals surface area contributed by atoms with Gasteiger partial charge in [-0.3, -0.25) is 9.59 Å². The number of hydrogen-bond donors (Lipinski definition) is 1. The van der Waals surface area contributed by atoms with E-state index in [-0.39, 0.29) is 18.8 Å². The van der Waals surface area contributed by atoms with Crippen LogP contribution in [0.25, 0.3) is 0 Å². The molecular weight excluding hydrogens is 340 g/mol. The summed E-state index contributed by atoms with van der Waals surface area (Å²) in [5.74, 6) is -0.566. The molecule has 0 rings (SSSR count). The van der Waals surface area contributed by atoms with Gasteiger partial charge >= 0.3 is 5.97 Å². The first-order chi connectivity index (χ1) is 13.1. The van der Waals surface area contributed by atoms with Gasteiger partial charge in [-0.25, -0.2) is 0 Å². The van der Waals surface area contributed by atoms with Crippen LogP contribution in [0.5, 0.6) is 0 Å². The van der Waals surface area contributed by atoms with Crippen LogP contribution in [0.1, 0.15) is 110 Å². The SMILES string of the molecule is CCCCCCCCCCCCCCC/C=C/C(=O)CC(O)COC(C)=O. The molecule has 4 heteroatoms. The topological polar surface area (TPSA) is 63.6 Å². The van der Waals surface area contributed by atoms with E-state index in [4.69, 9.17) is 0 Å². The van der Waals surface area contributed by atoms with E-state index in [1.165, 1.54) is 90.0 Å². The Morgan fingerprint density at radius 3 is 1.81 bits per heavy atom. The zero-order chi connectivity index (χ0) is 20.2. The van der Waals surface area contributed by atoms with Gasteiger partial charge in [0.25, 0.3) is 0 Å². The molecule has 0 amide bonds. The summed E-state index contributed by atoms with van der Waals surface area (Å²) in [5.41, 5.74) is 0. The van der Waals surface area contributed by atoms with E-state index < -0.39 is 12.1 Å². The zero-order valence-electron chi connectivity index (χ0n) is 17.7. The van der Waals surface area contributed by atoms with Gasteiger partial charge < -0.3 is 9.84 Å². The van der Waals surface area contributed by atoms with Crippen molar-refractivity contribution in [2.24, 2.45) is 0 Å². The molecule has 1 unspecified atom stereocenters. The van der Waals surface area contributed by atoms with Crippen molar-refractivity contribution in [1.82, 2.24) is 0 Å². The summed E-state index contributed by atoms with van der Waals surface area (Å²) < 4.78 is 4.67. The van der Waals surface area contributed by atoms with Crippen molar-refractivity contribution in [1.29, 1.82) is 0 Å². The van der Waals surface area contributed by atoms with Crippen LogP contribution in [0.3, 0.4) is 0 Å². The standard InChI is InChI=1S/C23H42O4/c1-3-4-5-6-7-8-9-10-11-12-13-14-15-16-17-18-22(25)19-23(26)20-27-21(2)24/h17-18,23,26H,3-16,19-20H2,1-2H3/b18-17+. The molecule has 27 heavy (non-hydrogen) atoms. The van der Waals surface area contributed by atoms with E-state index in [1.54, 1.807) is 0 Å². The number of ether oxygens (including phenoxy) is 1. The van der Waals surface area contributed by atoms with Crippen LogP contribution >= 0.6 is 0 Å². The summed E-state index contributed by atoms with van der Waals surface area (Å²) in [5, 5.41) is 9.56. The number of aliphatic hydroxyl groups is 1. The molecule has 0 heterocycles. The highest BCUT2D eigenvalue weighted by Crippen LogP contribution is 2.13. The van der Waals surface area contributed by atoms with E-state index in [2.05, 4.69) is 11.7 Å². The second kappa shape index (κ2) is 19.6. The van der Waals surface area contributed by atoms with Gasteiger partial charge in [-0.05, 0) is 18.9 Å². The van der Waals surface area contributed by atoms with Crippen LogP contribution in [0.2, 0.25) is 0 Å². The van der Waals surface area contributed by atoms with Crippen molar-refractivity contribution in [2.45, 2.75) is 116 Å². The van der Waals surface area contributed by atoms with Crippen LogP contribution in [0, 0.1) is 0 Å². The third-order valence-electron chi connectivity index (χ3n) is 4.69. The molecule has 158 valence electrons. The Labute approximate surface area is 166 Å². The number of unbranched alkanes of at least 4 members (excludes halogenated alkanes) is 13. The predicted molar refractivity (Wildman–Crippen MR) is 112 cm³/mol. The fraction of sp³-hybridized carbons (Fsp3) is 0.826. The van der Waals surface area contributed by atoms with Gasteiger partial charge in [0.15, 0.2) is 5.78 Å². The van der Waals surface area contributed by atoms with Gasteiger partial charge in [0.1, 0.15) is 6.61 Å². The lowest BCUT2D eigenvalue weighted by Crippen LogP contribution is -2.20. The van der Waals surface area contributed by atoms with Crippen LogP contribution in [0.15, 0.2) is 12.2 Å². The minimum atomic E-state index is -0.914. The highest BCUT2D eigenvalue weighted by atomic mass is 16.5. The van der Waals surface area contributed by atoms with Crippen molar-refractivity contribution >= 4 is 11.8 Å². The summed E-state index contributed by atoms with van der Waals surface area (Å²) in [6.07, 6.45) is 20.8. The number of hydrogen-bond acceptors (Lipinski definition) is 4. The van der Waals surface area contributed by atoms with Crippen molar-refractivity contribution in [3.8, 4) is 0 Å².